The van der Waals surface area contributed by atoms with Gasteiger partial charge in [0.1, 0.15) is 0 Å². The van der Waals surface area contributed by atoms with Gasteiger partial charge in [0.25, 0.3) is 0 Å². The Kier molecular flexibility index (Phi) is 5.20. The Hall–Kier alpha value is -2.18. The average molecular weight is 358 g/mol. The Morgan fingerprint density at radius 3 is 2.28 bits per heavy atom. The number of rotatable bonds is 4. The molecular formula is C19H22N2O3S. The first-order valence-corrected chi connectivity index (χ1v) is 9.82. The van der Waals surface area contributed by atoms with Gasteiger partial charge in [0, 0.05) is 25.8 Å². The van der Waals surface area contributed by atoms with Crippen molar-refractivity contribution < 1.29 is 13.2 Å². The minimum absolute atomic E-state index is 0.0424. The van der Waals surface area contributed by atoms with Crippen LogP contribution in [0.15, 0.2) is 65.6 Å². The maximum absolute atomic E-state index is 12.8. The molecule has 1 heterocycles. The number of nitrogens with zero attached hydrogens (tertiary/aromatic N) is 2. The third-order valence-corrected chi connectivity index (χ3v) is 6.47. The fourth-order valence-electron chi connectivity index (χ4n) is 3.16. The van der Waals surface area contributed by atoms with Crippen LogP contribution in [0.2, 0.25) is 0 Å². The lowest BCUT2D eigenvalue weighted by molar-refractivity contribution is -0.123. The minimum atomic E-state index is -3.56. The summed E-state index contributed by atoms with van der Waals surface area (Å²) >= 11 is 0. The van der Waals surface area contributed by atoms with E-state index < -0.39 is 10.0 Å². The highest BCUT2D eigenvalue weighted by atomic mass is 32.2. The average Bonchev–Trinajstić information content (AvgIpc) is 2.68. The van der Waals surface area contributed by atoms with Crippen LogP contribution in [0.1, 0.15) is 12.8 Å². The quantitative estimate of drug-likeness (QED) is 0.844. The number of sulfonamides is 1. The smallest absolute Gasteiger partial charge is 0.243 e. The van der Waals surface area contributed by atoms with Gasteiger partial charge in [0.05, 0.1) is 10.8 Å². The largest absolute Gasteiger partial charge is 0.315 e. The van der Waals surface area contributed by atoms with Crippen molar-refractivity contribution in [3.8, 4) is 0 Å². The molecule has 1 saturated heterocycles. The Labute approximate surface area is 148 Å². The van der Waals surface area contributed by atoms with Crippen molar-refractivity contribution in [3.63, 3.8) is 0 Å². The first-order chi connectivity index (χ1) is 12.0. The van der Waals surface area contributed by atoms with E-state index >= 15 is 0 Å². The summed E-state index contributed by atoms with van der Waals surface area (Å²) in [6, 6.07) is 17.8. The van der Waals surface area contributed by atoms with Crippen LogP contribution >= 0.6 is 0 Å². The molecule has 25 heavy (non-hydrogen) atoms. The number of carbonyl (C=O) groups excluding carboxylic acids is 1. The van der Waals surface area contributed by atoms with Crippen molar-refractivity contribution in [3.05, 3.63) is 60.7 Å². The molecule has 1 aliphatic heterocycles. The third-order valence-electron chi connectivity index (χ3n) is 4.59. The molecule has 0 saturated carbocycles. The van der Waals surface area contributed by atoms with Crippen molar-refractivity contribution in [2.45, 2.75) is 17.7 Å². The van der Waals surface area contributed by atoms with Crippen LogP contribution in [0.25, 0.3) is 0 Å². The van der Waals surface area contributed by atoms with E-state index in [4.69, 9.17) is 0 Å². The van der Waals surface area contributed by atoms with Gasteiger partial charge in [-0.1, -0.05) is 36.4 Å². The SMILES string of the molecule is CN(C(=O)[C@H]1CCCN(S(=O)(=O)c2ccccc2)C1)c1ccccc1. The predicted octanol–water partition coefficient (Wildman–Crippen LogP) is 2.75. The molecule has 2 aromatic carbocycles. The van der Waals surface area contributed by atoms with E-state index in [9.17, 15) is 13.2 Å². The molecule has 1 fully saturated rings. The molecule has 6 heteroatoms. The normalized spacial score (nSPS) is 18.7. The number of piperidine rings is 1. The first-order valence-electron chi connectivity index (χ1n) is 8.38. The Bertz CT molecular complexity index is 822. The zero-order chi connectivity index (χ0) is 17.9. The Morgan fingerprint density at radius 1 is 1.04 bits per heavy atom. The van der Waals surface area contributed by atoms with E-state index in [1.807, 2.05) is 30.3 Å². The van der Waals surface area contributed by atoms with Gasteiger partial charge in [-0.15, -0.1) is 0 Å². The summed E-state index contributed by atoms with van der Waals surface area (Å²) in [5.74, 6) is -0.364. The van der Waals surface area contributed by atoms with Crippen LogP contribution in [0, 0.1) is 5.92 Å². The highest BCUT2D eigenvalue weighted by Crippen LogP contribution is 2.26. The van der Waals surface area contributed by atoms with E-state index in [1.54, 1.807) is 42.3 Å². The van der Waals surface area contributed by atoms with Gasteiger partial charge in [-0.25, -0.2) is 8.42 Å². The summed E-state index contributed by atoms with van der Waals surface area (Å²) in [6.45, 7) is 0.684. The molecule has 2 aromatic rings. The molecule has 1 atom stereocenters. The summed E-state index contributed by atoms with van der Waals surface area (Å²) in [7, 11) is -1.82. The fraction of sp³-hybridized carbons (Fsp3) is 0.316. The molecule has 0 aliphatic carbocycles. The van der Waals surface area contributed by atoms with Gasteiger partial charge in [-0.05, 0) is 37.1 Å². The van der Waals surface area contributed by atoms with Crippen LogP contribution in [-0.2, 0) is 14.8 Å². The summed E-state index contributed by atoms with van der Waals surface area (Å²) in [6.07, 6.45) is 1.39. The van der Waals surface area contributed by atoms with Crippen molar-refractivity contribution in [2.24, 2.45) is 5.92 Å². The highest BCUT2D eigenvalue weighted by molar-refractivity contribution is 7.89. The van der Waals surface area contributed by atoms with Crippen molar-refractivity contribution in [2.75, 3.05) is 25.0 Å². The molecule has 0 N–H and O–H groups in total. The molecule has 1 aliphatic rings. The summed E-state index contributed by atoms with van der Waals surface area (Å²) in [4.78, 5) is 14.7. The monoisotopic (exact) mass is 358 g/mol. The first kappa shape index (κ1) is 17.6. The molecular weight excluding hydrogens is 336 g/mol. The third kappa shape index (κ3) is 3.75. The van der Waals surface area contributed by atoms with Gasteiger partial charge in [0.15, 0.2) is 0 Å². The Morgan fingerprint density at radius 2 is 1.64 bits per heavy atom. The molecule has 1 amide bonds. The maximum atomic E-state index is 12.8. The predicted molar refractivity (Wildman–Crippen MR) is 97.8 cm³/mol. The summed E-state index contributed by atoms with van der Waals surface area (Å²) < 4.78 is 27.0. The highest BCUT2D eigenvalue weighted by Gasteiger charge is 2.34. The topological polar surface area (TPSA) is 57.7 Å². The molecule has 0 bridgehead atoms. The zero-order valence-corrected chi connectivity index (χ0v) is 15.0. The lowest BCUT2D eigenvalue weighted by atomic mass is 9.98. The van der Waals surface area contributed by atoms with Crippen LogP contribution < -0.4 is 4.90 Å². The van der Waals surface area contributed by atoms with E-state index in [-0.39, 0.29) is 23.3 Å². The van der Waals surface area contributed by atoms with Crippen LogP contribution in [0.3, 0.4) is 0 Å². The minimum Gasteiger partial charge on any atom is -0.315 e. The molecule has 0 aromatic heterocycles. The summed E-state index contributed by atoms with van der Waals surface area (Å²) in [5.41, 5.74) is 0.815. The Balaban J connectivity index is 1.76. The number of benzene rings is 2. The van der Waals surface area contributed by atoms with Gasteiger partial charge in [-0.2, -0.15) is 4.31 Å². The maximum Gasteiger partial charge on any atom is 0.243 e. The van der Waals surface area contributed by atoms with E-state index in [0.717, 1.165) is 5.69 Å². The fourth-order valence-corrected chi connectivity index (χ4v) is 4.70. The lowest BCUT2D eigenvalue weighted by Crippen LogP contribution is -2.45. The van der Waals surface area contributed by atoms with Crippen molar-refractivity contribution in [1.82, 2.24) is 4.31 Å². The number of hydrogen-bond acceptors (Lipinski definition) is 3. The number of anilines is 1. The van der Waals surface area contributed by atoms with E-state index in [1.165, 1.54) is 4.31 Å². The van der Waals surface area contributed by atoms with Gasteiger partial charge in [0.2, 0.25) is 15.9 Å². The second kappa shape index (κ2) is 7.37. The van der Waals surface area contributed by atoms with Crippen LogP contribution in [-0.4, -0.2) is 38.8 Å². The van der Waals surface area contributed by atoms with Gasteiger partial charge < -0.3 is 4.90 Å². The molecule has 0 radical (unpaired) electrons. The second-order valence-electron chi connectivity index (χ2n) is 6.25. The molecule has 132 valence electrons. The number of amides is 1. The standard InChI is InChI=1S/C19H22N2O3S/c1-20(17-10-4-2-5-11-17)19(22)16-9-8-14-21(15-16)25(23,24)18-12-6-3-7-13-18/h2-7,10-13,16H,8-9,14-15H2,1H3/t16-/m0/s1. The second-order valence-corrected chi connectivity index (χ2v) is 8.19. The zero-order valence-electron chi connectivity index (χ0n) is 14.2. The van der Waals surface area contributed by atoms with Crippen molar-refractivity contribution >= 4 is 21.6 Å². The molecule has 0 unspecified atom stereocenters. The summed E-state index contributed by atoms with van der Waals surface area (Å²) in [5, 5.41) is 0. The van der Waals surface area contributed by atoms with Crippen LogP contribution in [0.5, 0.6) is 0 Å². The van der Waals surface area contributed by atoms with Crippen LogP contribution in [0.4, 0.5) is 5.69 Å². The number of carbonyl (C=O) groups is 1. The van der Waals surface area contributed by atoms with Gasteiger partial charge >= 0.3 is 0 Å². The molecule has 0 spiro atoms. The lowest BCUT2D eigenvalue weighted by Gasteiger charge is -2.33. The van der Waals surface area contributed by atoms with Gasteiger partial charge in [-0.3, -0.25) is 4.79 Å². The van der Waals surface area contributed by atoms with E-state index in [0.29, 0.717) is 19.4 Å². The molecule has 5 nitrogen and oxygen atoms in total. The van der Waals surface area contributed by atoms with E-state index in [2.05, 4.69) is 0 Å². The molecule has 3 rings (SSSR count). The van der Waals surface area contributed by atoms with Crippen molar-refractivity contribution in [1.29, 1.82) is 0 Å². The number of hydrogen-bond donors (Lipinski definition) is 0. The number of para-hydroxylation sites is 1.